The van der Waals surface area contributed by atoms with Gasteiger partial charge in [0, 0.05) is 38.9 Å². The first kappa shape index (κ1) is 34.2. The molecule has 4 bridgehead atoms. The first-order valence-corrected chi connectivity index (χ1v) is 22.1. The molecule has 1 heterocycles. The van der Waals surface area contributed by atoms with E-state index in [2.05, 4.69) is 204 Å². The summed E-state index contributed by atoms with van der Waals surface area (Å²) < 4.78 is 2.38. The van der Waals surface area contributed by atoms with E-state index < -0.39 is 0 Å². The van der Waals surface area contributed by atoms with Gasteiger partial charge in [-0.25, -0.2) is 0 Å². The molecule has 1 aromatic heterocycles. The molecule has 2 heteroatoms. The SMILES string of the molecule is c1ccc(N(c2ccc(-c3ccc(-c4cccc5c4-c4ccccc4C54C5CC6CC(C5)CC4C6)cc3)cc2)c2ccc3c(c2)c2ccccc2n3-c2ccccc2)cc1. The third kappa shape index (κ3) is 4.94. The van der Waals surface area contributed by atoms with Gasteiger partial charge in [0.15, 0.2) is 0 Å². The van der Waals surface area contributed by atoms with Gasteiger partial charge in [-0.3, -0.25) is 0 Å². The Morgan fingerprint density at radius 2 is 0.950 bits per heavy atom. The molecule has 0 N–H and O–H groups in total. The highest BCUT2D eigenvalue weighted by atomic mass is 15.1. The van der Waals surface area contributed by atoms with Gasteiger partial charge in [-0.15, -0.1) is 0 Å². The van der Waals surface area contributed by atoms with E-state index in [1.807, 2.05) is 0 Å². The Morgan fingerprint density at radius 1 is 0.400 bits per heavy atom. The maximum absolute atomic E-state index is 2.51. The summed E-state index contributed by atoms with van der Waals surface area (Å²) in [6, 6.07) is 72.4. The van der Waals surface area contributed by atoms with Gasteiger partial charge in [-0.2, -0.15) is 0 Å². The molecule has 8 aromatic carbocycles. The van der Waals surface area contributed by atoms with Gasteiger partial charge in [0.2, 0.25) is 0 Å². The van der Waals surface area contributed by atoms with Crippen molar-refractivity contribution in [1.29, 1.82) is 0 Å². The molecule has 14 rings (SSSR count). The lowest BCUT2D eigenvalue weighted by atomic mass is 9.43. The number of para-hydroxylation sites is 3. The second-order valence-electron chi connectivity index (χ2n) is 18.1. The van der Waals surface area contributed by atoms with Crippen molar-refractivity contribution in [3.63, 3.8) is 0 Å². The molecule has 4 saturated carbocycles. The summed E-state index contributed by atoms with van der Waals surface area (Å²) in [6.45, 7) is 0. The van der Waals surface area contributed by atoms with Gasteiger partial charge in [0.1, 0.15) is 0 Å². The van der Waals surface area contributed by atoms with Crippen LogP contribution in [0.3, 0.4) is 0 Å². The Balaban J connectivity index is 0.856. The van der Waals surface area contributed by atoms with Crippen LogP contribution in [0.4, 0.5) is 17.1 Å². The number of fused-ring (bicyclic) bond motifs is 6. The molecule has 0 aliphatic heterocycles. The van der Waals surface area contributed by atoms with Crippen LogP contribution in [0.15, 0.2) is 194 Å². The third-order valence-corrected chi connectivity index (χ3v) is 15.2. The van der Waals surface area contributed by atoms with E-state index in [9.17, 15) is 0 Å². The van der Waals surface area contributed by atoms with E-state index in [1.54, 1.807) is 11.1 Å². The smallest absolute Gasteiger partial charge is 0.0542 e. The van der Waals surface area contributed by atoms with Crippen LogP contribution in [-0.4, -0.2) is 4.57 Å². The van der Waals surface area contributed by atoms with Gasteiger partial charge in [0.05, 0.1) is 11.0 Å². The fraction of sp³-hybridized carbons (Fsp3) is 0.172. The van der Waals surface area contributed by atoms with Gasteiger partial charge in [0.25, 0.3) is 0 Å². The number of aromatic nitrogens is 1. The Bertz CT molecular complexity index is 3060. The van der Waals surface area contributed by atoms with Crippen LogP contribution in [0.5, 0.6) is 0 Å². The molecule has 5 aliphatic rings. The van der Waals surface area contributed by atoms with E-state index in [1.165, 1.54) is 93.0 Å². The summed E-state index contributed by atoms with van der Waals surface area (Å²) in [5.74, 6) is 3.45. The minimum Gasteiger partial charge on any atom is -0.310 e. The quantitative estimate of drug-likeness (QED) is 0.163. The lowest BCUT2D eigenvalue weighted by Crippen LogP contribution is -2.55. The van der Waals surface area contributed by atoms with E-state index in [0.717, 1.165) is 40.7 Å². The van der Waals surface area contributed by atoms with Crippen LogP contribution in [-0.2, 0) is 5.41 Å². The summed E-state index contributed by atoms with van der Waals surface area (Å²) >= 11 is 0. The van der Waals surface area contributed by atoms with E-state index >= 15 is 0 Å². The number of rotatable bonds is 6. The summed E-state index contributed by atoms with van der Waals surface area (Å²) in [4.78, 5) is 2.38. The predicted octanol–water partition coefficient (Wildman–Crippen LogP) is 15.3. The molecule has 0 saturated heterocycles. The van der Waals surface area contributed by atoms with Crippen molar-refractivity contribution >= 4 is 38.9 Å². The first-order valence-electron chi connectivity index (χ1n) is 22.1. The van der Waals surface area contributed by atoms with Gasteiger partial charge in [-0.05, 0) is 161 Å². The fourth-order valence-corrected chi connectivity index (χ4v) is 13.1. The summed E-state index contributed by atoms with van der Waals surface area (Å²) in [7, 11) is 0. The Labute approximate surface area is 352 Å². The van der Waals surface area contributed by atoms with Crippen LogP contribution in [0.2, 0.25) is 0 Å². The maximum atomic E-state index is 2.51. The van der Waals surface area contributed by atoms with Crippen LogP contribution in [0.1, 0.15) is 43.2 Å². The fourth-order valence-electron chi connectivity index (χ4n) is 13.1. The van der Waals surface area contributed by atoms with Crippen molar-refractivity contribution in [3.05, 3.63) is 205 Å². The van der Waals surface area contributed by atoms with Crippen molar-refractivity contribution in [3.8, 4) is 39.1 Å². The minimum absolute atomic E-state index is 0.192. The molecule has 0 amide bonds. The summed E-state index contributed by atoms with van der Waals surface area (Å²) in [6.07, 6.45) is 7.14. The number of hydrogen-bond donors (Lipinski definition) is 0. The highest BCUT2D eigenvalue weighted by Gasteiger charge is 2.61. The Morgan fingerprint density at radius 3 is 1.70 bits per heavy atom. The standard InChI is InChI=1S/C58H46N2/c1-3-12-45(13-4-1)59(48-30-31-56-52(37-48)50-16-8-10-21-55(50)60(56)46-14-5-2-6-15-46)47-28-26-41(27-29-47)40-22-24-42(25-23-40)49-18-11-20-54-57(49)51-17-7-9-19-53(51)58(54)43-33-38-32-39(35-43)36-44(58)34-38/h1-31,37-39,43-44H,32-36H2. The molecular weight excluding hydrogens is 725 g/mol. The molecule has 9 aromatic rings. The second kappa shape index (κ2) is 13.2. The first-order chi connectivity index (χ1) is 29.7. The molecule has 0 atom stereocenters. The second-order valence-corrected chi connectivity index (χ2v) is 18.1. The zero-order valence-electron chi connectivity index (χ0n) is 33.7. The predicted molar refractivity (Wildman–Crippen MR) is 250 cm³/mol. The van der Waals surface area contributed by atoms with Crippen molar-refractivity contribution in [2.24, 2.45) is 23.7 Å². The molecule has 0 radical (unpaired) electrons. The highest BCUT2D eigenvalue weighted by Crippen LogP contribution is 2.70. The van der Waals surface area contributed by atoms with Gasteiger partial charge < -0.3 is 9.47 Å². The van der Waals surface area contributed by atoms with Crippen LogP contribution >= 0.6 is 0 Å². The zero-order chi connectivity index (χ0) is 39.4. The largest absolute Gasteiger partial charge is 0.310 e. The average molecular weight is 771 g/mol. The number of hydrogen-bond acceptors (Lipinski definition) is 1. The van der Waals surface area contributed by atoms with Crippen molar-refractivity contribution in [2.45, 2.75) is 37.5 Å². The van der Waals surface area contributed by atoms with E-state index in [0.29, 0.717) is 0 Å². The molecule has 1 spiro atoms. The topological polar surface area (TPSA) is 8.17 Å². The number of anilines is 3. The monoisotopic (exact) mass is 770 g/mol. The summed E-state index contributed by atoms with van der Waals surface area (Å²) in [5.41, 5.74) is 18.6. The molecule has 4 fully saturated rings. The number of nitrogens with zero attached hydrogens (tertiary/aromatic N) is 2. The summed E-state index contributed by atoms with van der Waals surface area (Å²) in [5, 5.41) is 2.49. The minimum atomic E-state index is 0.192. The molecule has 60 heavy (non-hydrogen) atoms. The molecule has 0 unspecified atom stereocenters. The zero-order valence-corrected chi connectivity index (χ0v) is 33.7. The lowest BCUT2D eigenvalue weighted by Gasteiger charge is -2.61. The van der Waals surface area contributed by atoms with Gasteiger partial charge >= 0.3 is 0 Å². The van der Waals surface area contributed by atoms with Crippen LogP contribution in [0.25, 0.3) is 60.9 Å². The van der Waals surface area contributed by atoms with Crippen LogP contribution < -0.4 is 4.90 Å². The third-order valence-electron chi connectivity index (χ3n) is 15.2. The molecular formula is C58H46N2. The van der Waals surface area contributed by atoms with Gasteiger partial charge in [-0.1, -0.05) is 133 Å². The number of benzene rings is 8. The van der Waals surface area contributed by atoms with E-state index in [4.69, 9.17) is 0 Å². The molecule has 2 nitrogen and oxygen atoms in total. The highest BCUT2D eigenvalue weighted by molar-refractivity contribution is 6.10. The maximum Gasteiger partial charge on any atom is 0.0542 e. The Hall–Kier alpha value is -6.64. The van der Waals surface area contributed by atoms with Crippen LogP contribution in [0, 0.1) is 23.7 Å². The van der Waals surface area contributed by atoms with Crippen molar-refractivity contribution in [1.82, 2.24) is 4.57 Å². The van der Waals surface area contributed by atoms with Crippen molar-refractivity contribution < 1.29 is 0 Å². The average Bonchev–Trinajstić information content (AvgIpc) is 3.80. The lowest BCUT2D eigenvalue weighted by molar-refractivity contribution is -0.0399. The Kier molecular flexibility index (Phi) is 7.52. The molecule has 5 aliphatic carbocycles. The van der Waals surface area contributed by atoms with Crippen molar-refractivity contribution in [2.75, 3.05) is 4.90 Å². The normalized spacial score (nSPS) is 22.1. The molecule has 288 valence electrons. The van der Waals surface area contributed by atoms with E-state index in [-0.39, 0.29) is 5.41 Å².